The topological polar surface area (TPSA) is 39.2 Å². The molecule has 0 aliphatic rings. The number of furan rings is 1. The lowest BCUT2D eigenvalue weighted by Crippen LogP contribution is -2.04. The van der Waals surface area contributed by atoms with Crippen LogP contribution in [-0.4, -0.2) is 0 Å². The van der Waals surface area contributed by atoms with Crippen LogP contribution in [0.5, 0.6) is 0 Å². The van der Waals surface area contributed by atoms with Gasteiger partial charge in [0.05, 0.1) is 6.04 Å². The van der Waals surface area contributed by atoms with Gasteiger partial charge in [-0.05, 0) is 12.1 Å². The average Bonchev–Trinajstić information content (AvgIpc) is 2.50. The molecule has 0 radical (unpaired) electrons. The largest absolute Gasteiger partial charge is 0.464 e. The first kappa shape index (κ1) is 11.3. The summed E-state index contributed by atoms with van der Waals surface area (Å²) in [6.45, 7) is 5.63. The van der Waals surface area contributed by atoms with Crippen LogP contribution >= 0.6 is 12.4 Å². The lowest BCUT2D eigenvalue weighted by molar-refractivity contribution is 0.457. The van der Waals surface area contributed by atoms with Gasteiger partial charge in [-0.2, -0.15) is 0 Å². The van der Waals surface area contributed by atoms with E-state index < -0.39 is 0 Å². The number of hydrogen-bond acceptors (Lipinski definition) is 2. The zero-order valence-corrected chi connectivity index (χ0v) is 7.93. The van der Waals surface area contributed by atoms with E-state index in [1.807, 2.05) is 19.1 Å². The van der Waals surface area contributed by atoms with E-state index in [2.05, 4.69) is 6.58 Å². The molecule has 1 aromatic rings. The second kappa shape index (κ2) is 5.01. The van der Waals surface area contributed by atoms with Crippen molar-refractivity contribution in [3.63, 3.8) is 0 Å². The maximum absolute atomic E-state index is 5.65. The average molecular weight is 188 g/mol. The standard InChI is InChI=1S/C9H13NO.ClH/c1-3-7-5-6-9(11-7)8(10)4-2;/h4-6,8H,2-3,10H2,1H3;1H/t8-;/m0./s1. The first-order valence-electron chi connectivity index (χ1n) is 3.74. The van der Waals surface area contributed by atoms with Crippen molar-refractivity contribution in [1.29, 1.82) is 0 Å². The molecular formula is C9H14ClNO. The molecule has 0 saturated carbocycles. The highest BCUT2D eigenvalue weighted by Gasteiger charge is 2.05. The number of rotatable bonds is 3. The van der Waals surface area contributed by atoms with Gasteiger partial charge in [0.2, 0.25) is 0 Å². The quantitative estimate of drug-likeness (QED) is 0.739. The van der Waals surface area contributed by atoms with E-state index in [0.717, 1.165) is 17.9 Å². The van der Waals surface area contributed by atoms with Crippen LogP contribution in [0.1, 0.15) is 24.5 Å². The number of aryl methyl sites for hydroxylation is 1. The lowest BCUT2D eigenvalue weighted by atomic mass is 10.2. The van der Waals surface area contributed by atoms with E-state index >= 15 is 0 Å². The highest BCUT2D eigenvalue weighted by atomic mass is 35.5. The second-order valence-corrected chi connectivity index (χ2v) is 2.42. The molecule has 0 aromatic carbocycles. The van der Waals surface area contributed by atoms with Crippen LogP contribution in [-0.2, 0) is 6.42 Å². The van der Waals surface area contributed by atoms with Gasteiger partial charge in [-0.15, -0.1) is 19.0 Å². The van der Waals surface area contributed by atoms with Crippen LogP contribution in [0.2, 0.25) is 0 Å². The maximum atomic E-state index is 5.65. The summed E-state index contributed by atoms with van der Waals surface area (Å²) >= 11 is 0. The molecule has 0 amide bonds. The Morgan fingerprint density at radius 2 is 2.33 bits per heavy atom. The van der Waals surface area contributed by atoms with Crippen molar-refractivity contribution < 1.29 is 4.42 Å². The van der Waals surface area contributed by atoms with Gasteiger partial charge in [-0.1, -0.05) is 13.0 Å². The molecule has 1 rings (SSSR count). The molecule has 0 bridgehead atoms. The minimum absolute atomic E-state index is 0. The van der Waals surface area contributed by atoms with Crippen LogP contribution in [0.15, 0.2) is 29.2 Å². The molecule has 0 unspecified atom stereocenters. The van der Waals surface area contributed by atoms with Gasteiger partial charge >= 0.3 is 0 Å². The molecule has 1 atom stereocenters. The molecule has 2 nitrogen and oxygen atoms in total. The van der Waals surface area contributed by atoms with E-state index in [1.54, 1.807) is 6.08 Å². The van der Waals surface area contributed by atoms with Crippen LogP contribution in [0.25, 0.3) is 0 Å². The van der Waals surface area contributed by atoms with Gasteiger partial charge < -0.3 is 10.2 Å². The third-order valence-corrected chi connectivity index (χ3v) is 1.61. The molecule has 0 aliphatic heterocycles. The molecule has 2 N–H and O–H groups in total. The fraction of sp³-hybridized carbons (Fsp3) is 0.333. The summed E-state index contributed by atoms with van der Waals surface area (Å²) < 4.78 is 5.39. The molecule has 1 aromatic heterocycles. The Kier molecular flexibility index (Phi) is 4.71. The maximum Gasteiger partial charge on any atom is 0.124 e. The molecule has 0 saturated heterocycles. The van der Waals surface area contributed by atoms with Crippen molar-refractivity contribution >= 4 is 12.4 Å². The highest BCUT2D eigenvalue weighted by molar-refractivity contribution is 5.85. The van der Waals surface area contributed by atoms with Gasteiger partial charge in [-0.3, -0.25) is 0 Å². The minimum atomic E-state index is -0.171. The van der Waals surface area contributed by atoms with Gasteiger partial charge in [-0.25, -0.2) is 0 Å². The summed E-state index contributed by atoms with van der Waals surface area (Å²) in [6, 6.07) is 3.67. The van der Waals surface area contributed by atoms with Crippen LogP contribution in [0.3, 0.4) is 0 Å². The third kappa shape index (κ3) is 2.40. The Hall–Kier alpha value is -0.730. The van der Waals surface area contributed by atoms with Gasteiger partial charge in [0.25, 0.3) is 0 Å². The van der Waals surface area contributed by atoms with Crippen LogP contribution < -0.4 is 5.73 Å². The Balaban J connectivity index is 0.00000121. The summed E-state index contributed by atoms with van der Waals surface area (Å²) in [5, 5.41) is 0. The zero-order chi connectivity index (χ0) is 8.27. The van der Waals surface area contributed by atoms with Crippen molar-refractivity contribution in [3.8, 4) is 0 Å². The first-order valence-corrected chi connectivity index (χ1v) is 3.74. The summed E-state index contributed by atoms with van der Waals surface area (Å²) in [5.41, 5.74) is 5.65. The summed E-state index contributed by atoms with van der Waals surface area (Å²) in [5.74, 6) is 1.76. The van der Waals surface area contributed by atoms with E-state index in [-0.39, 0.29) is 18.4 Å². The number of hydrogen-bond donors (Lipinski definition) is 1. The molecule has 0 aliphatic carbocycles. The summed E-state index contributed by atoms with van der Waals surface area (Å²) in [4.78, 5) is 0. The molecule has 3 heteroatoms. The third-order valence-electron chi connectivity index (χ3n) is 1.61. The van der Waals surface area contributed by atoms with E-state index in [0.29, 0.717) is 0 Å². The van der Waals surface area contributed by atoms with Crippen molar-refractivity contribution in [2.24, 2.45) is 5.73 Å². The first-order chi connectivity index (χ1) is 5.27. The monoisotopic (exact) mass is 187 g/mol. The van der Waals surface area contributed by atoms with Gasteiger partial charge in [0.1, 0.15) is 11.5 Å². The Labute approximate surface area is 78.9 Å². The molecule has 0 fully saturated rings. The normalized spacial score (nSPS) is 11.8. The SMILES string of the molecule is C=C[C@H](N)c1ccc(CC)o1.Cl. The van der Waals surface area contributed by atoms with Crippen LogP contribution in [0, 0.1) is 0 Å². The van der Waals surface area contributed by atoms with Crippen LogP contribution in [0.4, 0.5) is 0 Å². The predicted molar refractivity (Wildman–Crippen MR) is 52.5 cm³/mol. The fourth-order valence-electron chi connectivity index (χ4n) is 0.880. The van der Waals surface area contributed by atoms with Gasteiger partial charge in [0, 0.05) is 6.42 Å². The van der Waals surface area contributed by atoms with Crippen molar-refractivity contribution in [1.82, 2.24) is 0 Å². The fourth-order valence-corrected chi connectivity index (χ4v) is 0.880. The molecular weight excluding hydrogens is 174 g/mol. The van der Waals surface area contributed by atoms with Crippen molar-refractivity contribution in [2.45, 2.75) is 19.4 Å². The number of halogens is 1. The minimum Gasteiger partial charge on any atom is -0.464 e. The summed E-state index contributed by atoms with van der Waals surface area (Å²) in [6.07, 6.45) is 2.57. The Bertz CT molecular complexity index is 244. The van der Waals surface area contributed by atoms with Gasteiger partial charge in [0.15, 0.2) is 0 Å². The van der Waals surface area contributed by atoms with Crippen molar-refractivity contribution in [2.75, 3.05) is 0 Å². The van der Waals surface area contributed by atoms with E-state index in [9.17, 15) is 0 Å². The second-order valence-electron chi connectivity index (χ2n) is 2.42. The van der Waals surface area contributed by atoms with E-state index in [1.165, 1.54) is 0 Å². The summed E-state index contributed by atoms with van der Waals surface area (Å²) in [7, 11) is 0. The predicted octanol–water partition coefficient (Wildman–Crippen LogP) is 2.45. The molecule has 12 heavy (non-hydrogen) atoms. The van der Waals surface area contributed by atoms with E-state index in [4.69, 9.17) is 10.2 Å². The highest BCUT2D eigenvalue weighted by Crippen LogP contribution is 2.15. The zero-order valence-electron chi connectivity index (χ0n) is 7.12. The number of nitrogens with two attached hydrogens (primary N) is 1. The smallest absolute Gasteiger partial charge is 0.124 e. The molecule has 0 spiro atoms. The molecule has 68 valence electrons. The molecule has 1 heterocycles. The Morgan fingerprint density at radius 1 is 1.67 bits per heavy atom. The lowest BCUT2D eigenvalue weighted by Gasteiger charge is -1.99. The van der Waals surface area contributed by atoms with Crippen molar-refractivity contribution in [3.05, 3.63) is 36.3 Å². The Morgan fingerprint density at radius 3 is 2.75 bits per heavy atom.